The molecule has 1 aromatic heterocycles. The van der Waals surface area contributed by atoms with Gasteiger partial charge in [-0.1, -0.05) is 0 Å². The van der Waals surface area contributed by atoms with E-state index >= 15 is 0 Å². The highest BCUT2D eigenvalue weighted by Gasteiger charge is 2.27. The summed E-state index contributed by atoms with van der Waals surface area (Å²) >= 11 is 0. The normalized spacial score (nSPS) is 16.8. The van der Waals surface area contributed by atoms with E-state index in [9.17, 15) is 9.59 Å². The number of Topliss-reactive ketones (excluding diaryl/α,β-unsaturated/α-hetero) is 2. The Morgan fingerprint density at radius 1 is 1.05 bits per heavy atom. The minimum Gasteiger partial charge on any atom is -0.289 e. The summed E-state index contributed by atoms with van der Waals surface area (Å²) in [6.45, 7) is 5.20. The summed E-state index contributed by atoms with van der Waals surface area (Å²) < 4.78 is 0. The van der Waals surface area contributed by atoms with Crippen molar-refractivity contribution in [2.45, 2.75) is 40.0 Å². The van der Waals surface area contributed by atoms with Gasteiger partial charge >= 0.3 is 0 Å². The molecule has 0 amide bonds. The minimum atomic E-state index is 0. The first-order chi connectivity index (χ1) is 8.91. The number of aryl methyl sites for hydroxylation is 2. The Balaban J connectivity index is 0.00000200. The van der Waals surface area contributed by atoms with Gasteiger partial charge in [0.15, 0.2) is 11.6 Å². The highest BCUT2D eigenvalue weighted by molar-refractivity contribution is 6.24. The molecule has 1 aromatic rings. The molecular weight excluding hydrogens is 242 g/mol. The van der Waals surface area contributed by atoms with Gasteiger partial charge in [-0.2, -0.15) is 0 Å². The molecule has 0 fully saturated rings. The Labute approximate surface area is 113 Å². The van der Waals surface area contributed by atoms with Crippen molar-refractivity contribution in [1.82, 2.24) is 15.0 Å². The monoisotopic (exact) mass is 263 g/mol. The van der Waals surface area contributed by atoms with Crippen molar-refractivity contribution in [2.24, 2.45) is 7.05 Å². The molecule has 1 heterocycles. The van der Waals surface area contributed by atoms with E-state index in [0.717, 1.165) is 18.7 Å². The second-order valence-electron chi connectivity index (χ2n) is 5.05. The topological polar surface area (TPSA) is 67.8 Å². The molecule has 2 rings (SSSR count). The van der Waals surface area contributed by atoms with Gasteiger partial charge in [0.05, 0.1) is 0 Å². The maximum Gasteiger partial charge on any atom is 0.185 e. The quantitative estimate of drug-likeness (QED) is 0.846. The highest BCUT2D eigenvalue weighted by Crippen LogP contribution is 2.27. The van der Waals surface area contributed by atoms with Crippen LogP contribution in [0.15, 0.2) is 22.3 Å². The third kappa shape index (κ3) is 2.45. The third-order valence-corrected chi connectivity index (χ3v) is 3.71. The Hall–Kier alpha value is -1.91. The van der Waals surface area contributed by atoms with Gasteiger partial charge in [-0.25, -0.2) is 4.80 Å². The Kier molecular flexibility index (Phi) is 3.55. The molecule has 5 nitrogen and oxygen atoms in total. The van der Waals surface area contributed by atoms with Crippen LogP contribution in [0.4, 0.5) is 0 Å². The maximum atomic E-state index is 12.2. The summed E-state index contributed by atoms with van der Waals surface area (Å²) in [4.78, 5) is 25.8. The Morgan fingerprint density at radius 2 is 1.63 bits per heavy atom. The van der Waals surface area contributed by atoms with E-state index in [0.29, 0.717) is 28.7 Å². The number of carbonyl (C=O) groups excluding carboxylic acids is 2. The number of H-pyrrole nitrogens is 1. The van der Waals surface area contributed by atoms with Gasteiger partial charge in [-0.3, -0.25) is 14.7 Å². The van der Waals surface area contributed by atoms with Crippen LogP contribution in [0, 0.1) is 0 Å². The zero-order valence-electron chi connectivity index (χ0n) is 11.8. The number of nitrogens with one attached hydrogen (secondary N) is 1. The minimum absolute atomic E-state index is 0. The standard InChI is InChI=1S/C14H19N3O2.H2/c1-8-9(2)14(19)11(10(3)13(8)18)6-5-7-12-15-17(4)16-12;/h5-7H2,1-4H3,(H,15,16);1H. The van der Waals surface area contributed by atoms with Gasteiger partial charge in [0.2, 0.25) is 0 Å². The number of nitrogens with zero attached hydrogens (tertiary/aromatic N) is 2. The van der Waals surface area contributed by atoms with Gasteiger partial charge in [-0.15, -0.1) is 5.10 Å². The van der Waals surface area contributed by atoms with E-state index in [-0.39, 0.29) is 13.0 Å². The molecule has 1 aliphatic carbocycles. The van der Waals surface area contributed by atoms with Crippen molar-refractivity contribution in [3.8, 4) is 0 Å². The van der Waals surface area contributed by atoms with Crippen molar-refractivity contribution in [3.05, 3.63) is 28.1 Å². The number of hydrogen-bond donors (Lipinski definition) is 1. The van der Waals surface area contributed by atoms with Gasteiger partial charge in [0, 0.05) is 37.2 Å². The van der Waals surface area contributed by atoms with E-state index in [2.05, 4.69) is 10.2 Å². The second-order valence-corrected chi connectivity index (χ2v) is 5.05. The molecular formula is C14H21N3O2. The summed E-state index contributed by atoms with van der Waals surface area (Å²) in [6, 6.07) is 0. The summed E-state index contributed by atoms with van der Waals surface area (Å²) in [5.41, 5.74) is 2.44. The van der Waals surface area contributed by atoms with Gasteiger partial charge in [0.25, 0.3) is 0 Å². The molecule has 0 saturated heterocycles. The van der Waals surface area contributed by atoms with Gasteiger partial charge in [-0.05, 0) is 33.6 Å². The largest absolute Gasteiger partial charge is 0.289 e. The van der Waals surface area contributed by atoms with Crippen LogP contribution in [0.1, 0.15) is 40.9 Å². The molecule has 104 valence electrons. The molecule has 0 bridgehead atoms. The molecule has 0 aromatic carbocycles. The lowest BCUT2D eigenvalue weighted by Gasteiger charge is -2.18. The van der Waals surface area contributed by atoms with Crippen molar-refractivity contribution >= 4 is 11.6 Å². The molecule has 5 heteroatoms. The van der Waals surface area contributed by atoms with Gasteiger partial charge < -0.3 is 0 Å². The van der Waals surface area contributed by atoms with Crippen LogP contribution >= 0.6 is 0 Å². The van der Waals surface area contributed by atoms with Crippen molar-refractivity contribution in [1.29, 1.82) is 0 Å². The molecule has 0 spiro atoms. The fourth-order valence-corrected chi connectivity index (χ4v) is 2.37. The molecule has 0 saturated carbocycles. The number of carbonyl (C=O) groups is 2. The summed E-state index contributed by atoms with van der Waals surface area (Å²) in [5.74, 6) is 0.958. The number of allylic oxidation sites excluding steroid dienone is 4. The lowest BCUT2D eigenvalue weighted by Crippen LogP contribution is -2.21. The predicted octanol–water partition coefficient (Wildman–Crippen LogP) is 2.12. The number of rotatable bonds is 4. The van der Waals surface area contributed by atoms with E-state index < -0.39 is 0 Å². The second kappa shape index (κ2) is 4.99. The van der Waals surface area contributed by atoms with Crippen LogP contribution < -0.4 is 0 Å². The van der Waals surface area contributed by atoms with E-state index in [1.807, 2.05) is 7.05 Å². The number of ketones is 2. The molecule has 0 aliphatic heterocycles. The predicted molar refractivity (Wildman–Crippen MR) is 73.7 cm³/mol. The first kappa shape index (κ1) is 13.5. The molecule has 0 atom stereocenters. The van der Waals surface area contributed by atoms with E-state index in [1.54, 1.807) is 25.6 Å². The highest BCUT2D eigenvalue weighted by atomic mass is 16.1. The first-order valence-electron chi connectivity index (χ1n) is 6.46. The van der Waals surface area contributed by atoms with Crippen molar-refractivity contribution in [3.63, 3.8) is 0 Å². The smallest absolute Gasteiger partial charge is 0.185 e. The Morgan fingerprint density at radius 3 is 2.21 bits per heavy atom. The fraction of sp³-hybridized carbons (Fsp3) is 0.500. The van der Waals surface area contributed by atoms with Crippen LogP contribution in [0.2, 0.25) is 0 Å². The SMILES string of the molecule is CC1=C(C)C(=O)C(CCCc2nn(C)[nH]2)=C(C)C1=O.[HH]. The zero-order valence-corrected chi connectivity index (χ0v) is 11.8. The van der Waals surface area contributed by atoms with Crippen LogP contribution in [0.3, 0.4) is 0 Å². The average Bonchev–Trinajstić information content (AvgIpc) is 2.35. The van der Waals surface area contributed by atoms with E-state index in [4.69, 9.17) is 0 Å². The number of hydrogen-bond acceptors (Lipinski definition) is 3. The van der Waals surface area contributed by atoms with Crippen LogP contribution in [-0.2, 0) is 23.1 Å². The zero-order chi connectivity index (χ0) is 14.2. The van der Waals surface area contributed by atoms with Crippen molar-refractivity contribution in [2.75, 3.05) is 0 Å². The lowest BCUT2D eigenvalue weighted by molar-refractivity contribution is -0.116. The van der Waals surface area contributed by atoms with Crippen LogP contribution in [-0.4, -0.2) is 26.6 Å². The first-order valence-corrected chi connectivity index (χ1v) is 6.46. The van der Waals surface area contributed by atoms with Crippen LogP contribution in [0.5, 0.6) is 0 Å². The Bertz CT molecular complexity index is 593. The maximum absolute atomic E-state index is 12.2. The molecule has 19 heavy (non-hydrogen) atoms. The summed E-state index contributed by atoms with van der Waals surface area (Å²) in [6.07, 6.45) is 2.24. The van der Waals surface area contributed by atoms with Crippen molar-refractivity contribution < 1.29 is 11.0 Å². The molecule has 1 aliphatic rings. The molecule has 0 unspecified atom stereocenters. The lowest BCUT2D eigenvalue weighted by atomic mass is 9.84. The number of aromatic nitrogens is 3. The average molecular weight is 263 g/mol. The molecule has 0 radical (unpaired) electrons. The van der Waals surface area contributed by atoms with Crippen LogP contribution in [0.25, 0.3) is 0 Å². The van der Waals surface area contributed by atoms with Gasteiger partial charge in [0.1, 0.15) is 5.82 Å². The third-order valence-electron chi connectivity index (χ3n) is 3.71. The fourth-order valence-electron chi connectivity index (χ4n) is 2.37. The van der Waals surface area contributed by atoms with E-state index in [1.165, 1.54) is 0 Å². The summed E-state index contributed by atoms with van der Waals surface area (Å²) in [5, 5.41) is 7.18. The summed E-state index contributed by atoms with van der Waals surface area (Å²) in [7, 11) is 1.83. The molecule has 1 N–H and O–H groups in total. The number of aromatic amines is 1.